The Morgan fingerprint density at radius 1 is 1.23 bits per heavy atom. The molecular formula is C22H25N5O3. The van der Waals surface area contributed by atoms with Gasteiger partial charge in [-0.25, -0.2) is 9.50 Å². The predicted octanol–water partition coefficient (Wildman–Crippen LogP) is 2.36. The number of morpholine rings is 1. The number of hydrogen-bond donors (Lipinski definition) is 0. The van der Waals surface area contributed by atoms with E-state index in [4.69, 9.17) is 9.15 Å². The van der Waals surface area contributed by atoms with Crippen LogP contribution < -0.4 is 0 Å². The van der Waals surface area contributed by atoms with Crippen molar-refractivity contribution in [1.82, 2.24) is 24.4 Å². The second-order valence-electron chi connectivity index (χ2n) is 8.53. The van der Waals surface area contributed by atoms with Gasteiger partial charge in [0.2, 0.25) is 0 Å². The minimum atomic E-state index is -0.0156. The van der Waals surface area contributed by atoms with Crippen LogP contribution in [0, 0.1) is 6.92 Å². The van der Waals surface area contributed by atoms with Crippen molar-refractivity contribution in [2.75, 3.05) is 26.3 Å². The lowest BCUT2D eigenvalue weighted by Gasteiger charge is -2.35. The molecule has 156 valence electrons. The van der Waals surface area contributed by atoms with Crippen LogP contribution in [0.1, 0.15) is 52.1 Å². The van der Waals surface area contributed by atoms with Crippen molar-refractivity contribution in [3.8, 4) is 0 Å². The van der Waals surface area contributed by atoms with Gasteiger partial charge in [-0.1, -0.05) is 0 Å². The Hall–Kier alpha value is -2.71. The van der Waals surface area contributed by atoms with E-state index in [1.54, 1.807) is 0 Å². The van der Waals surface area contributed by atoms with Gasteiger partial charge in [0.05, 0.1) is 37.2 Å². The molecule has 1 amide bonds. The fourth-order valence-corrected chi connectivity index (χ4v) is 5.20. The normalized spacial score (nSPS) is 23.8. The highest BCUT2D eigenvalue weighted by molar-refractivity contribution is 5.92. The molecule has 6 heterocycles. The molecule has 0 N–H and O–H groups in total. The number of aryl methyl sites for hydroxylation is 1. The lowest BCUT2D eigenvalue weighted by atomic mass is 9.99. The van der Waals surface area contributed by atoms with Crippen LogP contribution in [0.15, 0.2) is 28.8 Å². The van der Waals surface area contributed by atoms with Crippen LogP contribution in [0.4, 0.5) is 0 Å². The summed E-state index contributed by atoms with van der Waals surface area (Å²) in [4.78, 5) is 22.3. The molecule has 0 spiro atoms. The molecule has 2 saturated heterocycles. The molecule has 8 heteroatoms. The van der Waals surface area contributed by atoms with Crippen LogP contribution >= 0.6 is 0 Å². The smallest absolute Gasteiger partial charge is 0.290 e. The molecule has 2 bridgehead atoms. The zero-order chi connectivity index (χ0) is 20.2. The second-order valence-corrected chi connectivity index (χ2v) is 8.53. The molecule has 30 heavy (non-hydrogen) atoms. The minimum absolute atomic E-state index is 0.0156. The van der Waals surface area contributed by atoms with Gasteiger partial charge in [0, 0.05) is 43.4 Å². The van der Waals surface area contributed by atoms with Crippen LogP contribution in [0.5, 0.6) is 0 Å². The summed E-state index contributed by atoms with van der Waals surface area (Å²) in [6, 6.07) is 5.97. The van der Waals surface area contributed by atoms with E-state index in [0.717, 1.165) is 68.2 Å². The second kappa shape index (κ2) is 6.92. The summed E-state index contributed by atoms with van der Waals surface area (Å²) < 4.78 is 13.3. The third-order valence-corrected chi connectivity index (χ3v) is 6.62. The molecule has 0 aliphatic carbocycles. The Kier molecular flexibility index (Phi) is 4.17. The van der Waals surface area contributed by atoms with Crippen LogP contribution in [-0.4, -0.2) is 62.7 Å². The summed E-state index contributed by atoms with van der Waals surface area (Å²) in [7, 11) is 0. The fourth-order valence-electron chi connectivity index (χ4n) is 5.20. The maximum Gasteiger partial charge on any atom is 0.290 e. The Labute approximate surface area is 174 Å². The molecule has 3 aromatic rings. The van der Waals surface area contributed by atoms with Crippen LogP contribution in [-0.2, 0) is 17.7 Å². The van der Waals surface area contributed by atoms with E-state index in [9.17, 15) is 4.79 Å². The zero-order valence-electron chi connectivity index (χ0n) is 17.1. The number of fused-ring (bicyclic) bond motifs is 6. The van der Waals surface area contributed by atoms with E-state index in [-0.39, 0.29) is 18.0 Å². The fraction of sp³-hybridized carbons (Fsp3) is 0.500. The third-order valence-electron chi connectivity index (χ3n) is 6.62. The average Bonchev–Trinajstić information content (AvgIpc) is 3.45. The highest BCUT2D eigenvalue weighted by Crippen LogP contribution is 2.44. The molecule has 8 nitrogen and oxygen atoms in total. The van der Waals surface area contributed by atoms with Gasteiger partial charge in [-0.2, -0.15) is 5.10 Å². The minimum Gasteiger partial charge on any atom is -0.455 e. The van der Waals surface area contributed by atoms with E-state index in [1.807, 2.05) is 40.7 Å². The van der Waals surface area contributed by atoms with Crippen molar-refractivity contribution in [2.24, 2.45) is 0 Å². The molecule has 0 radical (unpaired) electrons. The van der Waals surface area contributed by atoms with Crippen molar-refractivity contribution in [3.63, 3.8) is 0 Å². The SMILES string of the molecule is Cc1cc2ncc3c(n2n1)CC1CCC3N1C(=O)c1ccc(CN2CCOCC2)o1. The summed E-state index contributed by atoms with van der Waals surface area (Å²) in [6.07, 6.45) is 4.69. The van der Waals surface area contributed by atoms with Gasteiger partial charge in [-0.3, -0.25) is 9.69 Å². The largest absolute Gasteiger partial charge is 0.455 e. The van der Waals surface area contributed by atoms with Gasteiger partial charge >= 0.3 is 0 Å². The van der Waals surface area contributed by atoms with E-state index < -0.39 is 0 Å². The standard InChI is InChI=1S/C22H25N5O3/c1-14-10-21-23-12-17-18-4-2-15(11-19(17)27(21)24-14)26(18)22(28)20-5-3-16(30-20)13-25-6-8-29-9-7-25/h3,5,10,12,15,18H,2,4,6-9,11,13H2,1H3. The predicted molar refractivity (Wildman–Crippen MR) is 108 cm³/mol. The van der Waals surface area contributed by atoms with Crippen LogP contribution in [0.3, 0.4) is 0 Å². The number of nitrogens with zero attached hydrogens (tertiary/aromatic N) is 5. The van der Waals surface area contributed by atoms with Crippen molar-refractivity contribution >= 4 is 11.6 Å². The highest BCUT2D eigenvalue weighted by atomic mass is 16.5. The molecule has 0 saturated carbocycles. The first-order valence-electron chi connectivity index (χ1n) is 10.7. The number of amides is 1. The van der Waals surface area contributed by atoms with Gasteiger partial charge in [-0.05, 0) is 31.9 Å². The highest BCUT2D eigenvalue weighted by Gasteiger charge is 2.44. The summed E-state index contributed by atoms with van der Waals surface area (Å²) >= 11 is 0. The number of carbonyl (C=O) groups excluding carboxylic acids is 1. The van der Waals surface area contributed by atoms with Gasteiger partial charge in [-0.15, -0.1) is 0 Å². The molecule has 3 aromatic heterocycles. The van der Waals surface area contributed by atoms with Crippen molar-refractivity contribution < 1.29 is 13.9 Å². The van der Waals surface area contributed by atoms with Crippen LogP contribution in [0.2, 0.25) is 0 Å². The van der Waals surface area contributed by atoms with Crippen LogP contribution in [0.25, 0.3) is 5.65 Å². The van der Waals surface area contributed by atoms with E-state index >= 15 is 0 Å². The maximum atomic E-state index is 13.4. The Bertz CT molecular complexity index is 1110. The van der Waals surface area contributed by atoms with E-state index in [0.29, 0.717) is 12.3 Å². The molecule has 3 aliphatic rings. The van der Waals surface area contributed by atoms with E-state index in [2.05, 4.69) is 15.0 Å². The molecule has 3 aliphatic heterocycles. The average molecular weight is 407 g/mol. The topological polar surface area (TPSA) is 76.1 Å². The van der Waals surface area contributed by atoms with Gasteiger partial charge < -0.3 is 14.1 Å². The van der Waals surface area contributed by atoms with Crippen molar-refractivity contribution in [2.45, 2.75) is 44.8 Å². The first-order valence-corrected chi connectivity index (χ1v) is 10.7. The lowest BCUT2D eigenvalue weighted by molar-refractivity contribution is 0.0308. The van der Waals surface area contributed by atoms with E-state index in [1.165, 1.54) is 5.69 Å². The van der Waals surface area contributed by atoms with Gasteiger partial charge in [0.15, 0.2) is 11.4 Å². The molecular weight excluding hydrogens is 382 g/mol. The Morgan fingerprint density at radius 3 is 2.97 bits per heavy atom. The lowest BCUT2D eigenvalue weighted by Crippen LogP contribution is -2.42. The number of furan rings is 1. The molecule has 2 unspecified atom stereocenters. The Morgan fingerprint density at radius 2 is 2.10 bits per heavy atom. The molecule has 6 rings (SSSR count). The maximum absolute atomic E-state index is 13.4. The first kappa shape index (κ1) is 18.1. The molecule has 2 fully saturated rings. The number of aromatic nitrogens is 3. The summed E-state index contributed by atoms with van der Waals surface area (Å²) in [5.74, 6) is 1.25. The summed E-state index contributed by atoms with van der Waals surface area (Å²) in [6.45, 7) is 5.99. The van der Waals surface area contributed by atoms with Gasteiger partial charge in [0.25, 0.3) is 5.91 Å². The van der Waals surface area contributed by atoms with Crippen molar-refractivity contribution in [3.05, 3.63) is 52.9 Å². The zero-order valence-corrected chi connectivity index (χ0v) is 17.1. The number of carbonyl (C=O) groups is 1. The van der Waals surface area contributed by atoms with Crippen molar-refractivity contribution in [1.29, 1.82) is 0 Å². The third kappa shape index (κ3) is 2.86. The summed E-state index contributed by atoms with van der Waals surface area (Å²) in [5, 5.41) is 4.63. The number of rotatable bonds is 3. The number of hydrogen-bond acceptors (Lipinski definition) is 6. The molecule has 2 atom stereocenters. The quantitative estimate of drug-likeness (QED) is 0.664. The molecule has 0 aromatic carbocycles. The number of ether oxygens (including phenoxy) is 1. The Balaban J connectivity index is 1.26. The monoisotopic (exact) mass is 407 g/mol. The summed E-state index contributed by atoms with van der Waals surface area (Å²) in [5.41, 5.74) is 4.15. The first-order chi connectivity index (χ1) is 14.7. The van der Waals surface area contributed by atoms with Gasteiger partial charge in [0.1, 0.15) is 5.76 Å².